The Hall–Kier alpha value is -1.70. The minimum atomic E-state index is 0.851. The predicted octanol–water partition coefficient (Wildman–Crippen LogP) is 9.90. The van der Waals surface area contributed by atoms with Crippen LogP contribution in [0.5, 0.6) is 0 Å². The highest BCUT2D eigenvalue weighted by atomic mass is 14.9. The summed E-state index contributed by atoms with van der Waals surface area (Å²) in [6.07, 6.45) is 29.7. The Labute approximate surface area is 205 Å². The lowest BCUT2D eigenvalue weighted by Gasteiger charge is -2.06. The molecular formula is C31H50N2. The van der Waals surface area contributed by atoms with E-state index in [1.165, 1.54) is 127 Å². The van der Waals surface area contributed by atoms with E-state index in [-0.39, 0.29) is 0 Å². The molecule has 2 heteroatoms. The Morgan fingerprint density at radius 2 is 0.848 bits per heavy atom. The van der Waals surface area contributed by atoms with Crippen LogP contribution < -0.4 is 0 Å². The maximum atomic E-state index is 4.64. The second-order valence-corrected chi connectivity index (χ2v) is 9.92. The molecule has 0 aliphatic heterocycles. The SMILES string of the molecule is CCCCCCCCCCCc1cnc(-c2ccc(CCCCCCCCCC)cc2)nc1. The maximum Gasteiger partial charge on any atom is 0.159 e. The van der Waals surface area contributed by atoms with E-state index in [1.54, 1.807) is 0 Å². The van der Waals surface area contributed by atoms with Gasteiger partial charge in [-0.15, -0.1) is 0 Å². The van der Waals surface area contributed by atoms with Gasteiger partial charge in [0.2, 0.25) is 0 Å². The smallest absolute Gasteiger partial charge is 0.159 e. The molecule has 0 spiro atoms. The summed E-state index contributed by atoms with van der Waals surface area (Å²) < 4.78 is 0. The summed E-state index contributed by atoms with van der Waals surface area (Å²) in [7, 11) is 0. The van der Waals surface area contributed by atoms with Crippen molar-refractivity contribution in [1.82, 2.24) is 9.97 Å². The molecule has 0 saturated heterocycles. The van der Waals surface area contributed by atoms with Gasteiger partial charge in [-0.25, -0.2) is 9.97 Å². The zero-order chi connectivity index (χ0) is 23.4. The van der Waals surface area contributed by atoms with Gasteiger partial charge in [0.05, 0.1) is 0 Å². The van der Waals surface area contributed by atoms with Crippen molar-refractivity contribution in [2.75, 3.05) is 0 Å². The Morgan fingerprint density at radius 1 is 0.455 bits per heavy atom. The third kappa shape index (κ3) is 12.9. The summed E-state index contributed by atoms with van der Waals surface area (Å²) in [6, 6.07) is 8.90. The molecule has 0 amide bonds. The molecule has 0 aliphatic carbocycles. The molecule has 184 valence electrons. The average molecular weight is 451 g/mol. The minimum absolute atomic E-state index is 0.851. The number of aromatic nitrogens is 2. The molecule has 1 aromatic carbocycles. The van der Waals surface area contributed by atoms with Crippen LogP contribution in [0.15, 0.2) is 36.7 Å². The Bertz CT molecular complexity index is 690. The van der Waals surface area contributed by atoms with Crippen LogP contribution in [0.4, 0.5) is 0 Å². The van der Waals surface area contributed by atoms with Gasteiger partial charge in [-0.3, -0.25) is 0 Å². The zero-order valence-electron chi connectivity index (χ0n) is 21.8. The van der Waals surface area contributed by atoms with Crippen LogP contribution >= 0.6 is 0 Å². The average Bonchev–Trinajstić information content (AvgIpc) is 2.85. The second-order valence-electron chi connectivity index (χ2n) is 9.92. The van der Waals surface area contributed by atoms with Gasteiger partial charge < -0.3 is 0 Å². The quantitative estimate of drug-likeness (QED) is 0.187. The number of hydrogen-bond donors (Lipinski definition) is 0. The number of hydrogen-bond acceptors (Lipinski definition) is 2. The Morgan fingerprint density at radius 3 is 1.30 bits per heavy atom. The fraction of sp³-hybridized carbons (Fsp3) is 0.677. The predicted molar refractivity (Wildman–Crippen MR) is 145 cm³/mol. The number of unbranched alkanes of at least 4 members (excludes halogenated alkanes) is 15. The van der Waals surface area contributed by atoms with Crippen molar-refractivity contribution in [3.8, 4) is 11.4 Å². The standard InChI is InChI=1S/C31H50N2/c1-3-5-7-9-11-13-15-17-19-21-29-26-32-31(33-27-29)30-24-22-28(23-25-30)20-18-16-14-12-10-8-6-4-2/h22-27H,3-21H2,1-2H3. The first-order valence-corrected chi connectivity index (χ1v) is 14.2. The summed E-state index contributed by atoms with van der Waals surface area (Å²) >= 11 is 0. The first-order valence-electron chi connectivity index (χ1n) is 14.2. The van der Waals surface area contributed by atoms with E-state index in [4.69, 9.17) is 0 Å². The van der Waals surface area contributed by atoms with E-state index in [2.05, 4.69) is 48.1 Å². The van der Waals surface area contributed by atoms with Crippen LogP contribution in [0.3, 0.4) is 0 Å². The van der Waals surface area contributed by atoms with Crippen LogP contribution in [0.1, 0.15) is 134 Å². The molecule has 33 heavy (non-hydrogen) atoms. The van der Waals surface area contributed by atoms with Gasteiger partial charge in [0.15, 0.2) is 5.82 Å². The van der Waals surface area contributed by atoms with E-state index < -0.39 is 0 Å². The first kappa shape index (κ1) is 27.5. The summed E-state index contributed by atoms with van der Waals surface area (Å²) in [4.78, 5) is 9.28. The van der Waals surface area contributed by atoms with Crippen molar-refractivity contribution in [1.29, 1.82) is 0 Å². The van der Waals surface area contributed by atoms with Gasteiger partial charge in [0.25, 0.3) is 0 Å². The van der Waals surface area contributed by atoms with Gasteiger partial charge in [0, 0.05) is 18.0 Å². The molecule has 1 heterocycles. The topological polar surface area (TPSA) is 25.8 Å². The van der Waals surface area contributed by atoms with E-state index in [0.29, 0.717) is 0 Å². The third-order valence-electron chi connectivity index (χ3n) is 6.81. The van der Waals surface area contributed by atoms with Crippen molar-refractivity contribution < 1.29 is 0 Å². The lowest BCUT2D eigenvalue weighted by Crippen LogP contribution is -1.94. The van der Waals surface area contributed by atoms with Gasteiger partial charge >= 0.3 is 0 Å². The molecule has 0 atom stereocenters. The van der Waals surface area contributed by atoms with Crippen LogP contribution in [-0.4, -0.2) is 9.97 Å². The van der Waals surface area contributed by atoms with Crippen molar-refractivity contribution >= 4 is 0 Å². The number of nitrogens with zero attached hydrogens (tertiary/aromatic N) is 2. The monoisotopic (exact) mass is 450 g/mol. The van der Waals surface area contributed by atoms with Gasteiger partial charge in [-0.1, -0.05) is 134 Å². The molecule has 0 fully saturated rings. The summed E-state index contributed by atoms with van der Waals surface area (Å²) in [5.41, 5.74) is 3.84. The van der Waals surface area contributed by atoms with Gasteiger partial charge in [-0.05, 0) is 36.8 Å². The highest BCUT2D eigenvalue weighted by Crippen LogP contribution is 2.18. The van der Waals surface area contributed by atoms with Crippen LogP contribution in [0.2, 0.25) is 0 Å². The zero-order valence-corrected chi connectivity index (χ0v) is 21.8. The molecule has 0 N–H and O–H groups in total. The van der Waals surface area contributed by atoms with Crippen molar-refractivity contribution in [2.45, 2.75) is 136 Å². The molecular weight excluding hydrogens is 400 g/mol. The maximum absolute atomic E-state index is 4.64. The number of benzene rings is 1. The van der Waals surface area contributed by atoms with Crippen LogP contribution in [-0.2, 0) is 12.8 Å². The normalized spacial score (nSPS) is 11.2. The van der Waals surface area contributed by atoms with Crippen LogP contribution in [0, 0.1) is 0 Å². The number of aryl methyl sites for hydroxylation is 2. The molecule has 0 radical (unpaired) electrons. The van der Waals surface area contributed by atoms with E-state index in [9.17, 15) is 0 Å². The third-order valence-corrected chi connectivity index (χ3v) is 6.81. The molecule has 2 rings (SSSR count). The molecule has 2 aromatic rings. The fourth-order valence-corrected chi connectivity index (χ4v) is 4.56. The van der Waals surface area contributed by atoms with E-state index in [1.807, 2.05) is 12.4 Å². The molecule has 0 saturated carbocycles. The molecule has 0 unspecified atom stereocenters. The summed E-state index contributed by atoms with van der Waals surface area (Å²) in [6.45, 7) is 4.57. The minimum Gasteiger partial charge on any atom is -0.236 e. The Kier molecular flexibility index (Phi) is 15.6. The fourth-order valence-electron chi connectivity index (χ4n) is 4.56. The van der Waals surface area contributed by atoms with Gasteiger partial charge in [-0.2, -0.15) is 0 Å². The first-order chi connectivity index (χ1) is 16.3. The molecule has 1 aromatic heterocycles. The van der Waals surface area contributed by atoms with Crippen molar-refractivity contribution in [2.24, 2.45) is 0 Å². The van der Waals surface area contributed by atoms with E-state index in [0.717, 1.165) is 17.8 Å². The highest BCUT2D eigenvalue weighted by Gasteiger charge is 2.03. The molecule has 0 aliphatic rings. The van der Waals surface area contributed by atoms with E-state index >= 15 is 0 Å². The van der Waals surface area contributed by atoms with Crippen LogP contribution in [0.25, 0.3) is 11.4 Å². The second kappa shape index (κ2) is 18.7. The summed E-state index contributed by atoms with van der Waals surface area (Å²) in [5, 5.41) is 0. The van der Waals surface area contributed by atoms with Crippen molar-refractivity contribution in [3.05, 3.63) is 47.8 Å². The lowest BCUT2D eigenvalue weighted by molar-refractivity contribution is 0.564. The number of rotatable bonds is 20. The highest BCUT2D eigenvalue weighted by molar-refractivity contribution is 5.55. The van der Waals surface area contributed by atoms with Gasteiger partial charge in [0.1, 0.15) is 0 Å². The largest absolute Gasteiger partial charge is 0.236 e. The summed E-state index contributed by atoms with van der Waals surface area (Å²) in [5.74, 6) is 0.851. The molecule has 0 bridgehead atoms. The van der Waals surface area contributed by atoms with Crippen molar-refractivity contribution in [3.63, 3.8) is 0 Å². The molecule has 2 nitrogen and oxygen atoms in total. The Balaban J connectivity index is 1.59. The lowest BCUT2D eigenvalue weighted by atomic mass is 10.0.